The number of ether oxygens (including phenoxy) is 1. The smallest absolute Gasteiger partial charge is 0.166 e. The van der Waals surface area contributed by atoms with E-state index in [4.69, 9.17) is 10.5 Å². The summed E-state index contributed by atoms with van der Waals surface area (Å²) in [7, 11) is 1.67. The molecule has 2 saturated carbocycles. The minimum absolute atomic E-state index is 0.0118. The van der Waals surface area contributed by atoms with Gasteiger partial charge in [-0.05, 0) is 92.1 Å². The molecule has 3 rings (SSSR count). The van der Waals surface area contributed by atoms with Gasteiger partial charge in [0.2, 0.25) is 0 Å². The van der Waals surface area contributed by atoms with Crippen molar-refractivity contribution < 1.29 is 9.53 Å². The zero-order valence-corrected chi connectivity index (χ0v) is 19.9. The predicted octanol–water partition coefficient (Wildman–Crippen LogP) is 4.98. The van der Waals surface area contributed by atoms with Crippen LogP contribution in [0.25, 0.3) is 0 Å². The van der Waals surface area contributed by atoms with E-state index in [1.165, 1.54) is 12.8 Å². The van der Waals surface area contributed by atoms with E-state index in [9.17, 15) is 4.79 Å². The van der Waals surface area contributed by atoms with E-state index in [-0.39, 0.29) is 22.7 Å². The molecule has 0 heterocycles. The molecule has 0 aromatic heterocycles. The Hall–Kier alpha value is -1.39. The molecular weight excluding hydrogens is 372 g/mol. The minimum atomic E-state index is 0.0118. The second-order valence-corrected chi connectivity index (χ2v) is 10.8. The molecule has 0 bridgehead atoms. The minimum Gasteiger partial charge on any atom is -0.497 e. The van der Waals surface area contributed by atoms with Gasteiger partial charge in [-0.3, -0.25) is 4.79 Å². The van der Waals surface area contributed by atoms with Gasteiger partial charge in [-0.2, -0.15) is 0 Å². The molecule has 0 spiro atoms. The second-order valence-electron chi connectivity index (χ2n) is 10.8. The number of nitrogens with two attached hydrogens (primary N) is 1. The van der Waals surface area contributed by atoms with Gasteiger partial charge in [-0.1, -0.05) is 34.1 Å². The molecule has 0 radical (unpaired) electrons. The molecule has 2 fully saturated rings. The number of Topliss-reactive ketones (excluding diaryl/α,β-unsaturated/α-hetero) is 1. The van der Waals surface area contributed by atoms with Gasteiger partial charge in [0.05, 0.1) is 7.11 Å². The quantitative estimate of drug-likeness (QED) is 0.488. The SMILES string of the molecule is COc1cc(C)cc(C(=O)[C@H]2[C@@H](C)C(NCCCN)C[C@H]3C(C)(C)CCC[C@]23C)c1. The van der Waals surface area contributed by atoms with Crippen molar-refractivity contribution in [2.75, 3.05) is 20.2 Å². The first-order chi connectivity index (χ1) is 14.1. The summed E-state index contributed by atoms with van der Waals surface area (Å²) in [6.45, 7) is 13.2. The summed E-state index contributed by atoms with van der Waals surface area (Å²) in [4.78, 5) is 14.1. The van der Waals surface area contributed by atoms with Crippen molar-refractivity contribution in [1.29, 1.82) is 0 Å². The molecule has 0 aliphatic heterocycles. The number of rotatable bonds is 7. The van der Waals surface area contributed by atoms with E-state index in [1.54, 1.807) is 7.11 Å². The highest BCUT2D eigenvalue weighted by Gasteiger charge is 2.58. The third-order valence-corrected chi connectivity index (χ3v) is 8.28. The number of carbonyl (C=O) groups is 1. The summed E-state index contributed by atoms with van der Waals surface area (Å²) in [5.74, 6) is 1.89. The van der Waals surface area contributed by atoms with Crippen LogP contribution < -0.4 is 15.8 Å². The molecule has 2 aliphatic rings. The number of hydrogen-bond donors (Lipinski definition) is 2. The van der Waals surface area contributed by atoms with Crippen LogP contribution in [0.5, 0.6) is 5.75 Å². The third-order valence-electron chi connectivity index (χ3n) is 8.28. The lowest BCUT2D eigenvalue weighted by Crippen LogP contribution is -2.60. The maximum absolute atomic E-state index is 14.1. The first-order valence-electron chi connectivity index (χ1n) is 11.8. The Kier molecular flexibility index (Phi) is 6.98. The van der Waals surface area contributed by atoms with Crippen molar-refractivity contribution in [3.05, 3.63) is 29.3 Å². The predicted molar refractivity (Wildman–Crippen MR) is 124 cm³/mol. The summed E-state index contributed by atoms with van der Waals surface area (Å²) in [5, 5.41) is 3.77. The van der Waals surface area contributed by atoms with Gasteiger partial charge in [0.15, 0.2) is 5.78 Å². The zero-order valence-electron chi connectivity index (χ0n) is 19.9. The molecule has 5 atom stereocenters. The Morgan fingerprint density at radius 1 is 1.23 bits per heavy atom. The zero-order chi connectivity index (χ0) is 22.1. The van der Waals surface area contributed by atoms with Gasteiger partial charge in [-0.15, -0.1) is 0 Å². The number of carbonyl (C=O) groups excluding carboxylic acids is 1. The standard InChI is InChI=1S/C26H42N2O2/c1-17-13-19(15-20(14-17)30-6)24(29)23-18(2)21(28-12-8-11-27)16-22-25(3,4)9-7-10-26(22,23)5/h13-15,18,21-23,28H,7-12,16,27H2,1-6H3/t18-,21?,22-,23+,26-/m0/s1. The fourth-order valence-electron chi connectivity index (χ4n) is 6.81. The second kappa shape index (κ2) is 9.00. The summed E-state index contributed by atoms with van der Waals surface area (Å²) in [6, 6.07) is 6.31. The normalized spacial score (nSPS) is 33.0. The molecule has 1 aromatic rings. The van der Waals surface area contributed by atoms with E-state index in [0.717, 1.165) is 42.7 Å². The number of fused-ring (bicyclic) bond motifs is 1. The van der Waals surface area contributed by atoms with Crippen molar-refractivity contribution in [3.63, 3.8) is 0 Å². The molecule has 2 aliphatic carbocycles. The van der Waals surface area contributed by atoms with Crippen LogP contribution in [-0.2, 0) is 0 Å². The van der Waals surface area contributed by atoms with Crippen molar-refractivity contribution in [1.82, 2.24) is 5.32 Å². The molecular formula is C26H42N2O2. The number of benzene rings is 1. The molecule has 1 aromatic carbocycles. The number of methoxy groups -OCH3 is 1. The van der Waals surface area contributed by atoms with E-state index in [0.29, 0.717) is 24.3 Å². The fraction of sp³-hybridized carbons (Fsp3) is 0.731. The lowest BCUT2D eigenvalue weighted by molar-refractivity contribution is -0.0914. The number of ketones is 1. The largest absolute Gasteiger partial charge is 0.497 e. The van der Waals surface area contributed by atoms with E-state index < -0.39 is 0 Å². The first-order valence-corrected chi connectivity index (χ1v) is 11.8. The first kappa shape index (κ1) is 23.3. The molecule has 4 nitrogen and oxygen atoms in total. The van der Waals surface area contributed by atoms with Crippen LogP contribution in [0.15, 0.2) is 18.2 Å². The van der Waals surface area contributed by atoms with Crippen molar-refractivity contribution >= 4 is 5.78 Å². The number of nitrogens with one attached hydrogen (secondary N) is 1. The molecule has 1 unspecified atom stereocenters. The highest BCUT2D eigenvalue weighted by molar-refractivity contribution is 5.99. The Morgan fingerprint density at radius 2 is 1.97 bits per heavy atom. The average molecular weight is 415 g/mol. The third kappa shape index (κ3) is 4.31. The van der Waals surface area contributed by atoms with Crippen LogP contribution in [0.4, 0.5) is 0 Å². The van der Waals surface area contributed by atoms with Crippen molar-refractivity contribution in [2.45, 2.75) is 72.8 Å². The summed E-state index contributed by atoms with van der Waals surface area (Å²) < 4.78 is 5.48. The lowest BCUT2D eigenvalue weighted by atomic mass is 9.45. The number of aryl methyl sites for hydroxylation is 1. The van der Waals surface area contributed by atoms with Crippen LogP contribution in [-0.4, -0.2) is 32.0 Å². The topological polar surface area (TPSA) is 64.3 Å². The molecule has 3 N–H and O–H groups in total. The maximum atomic E-state index is 14.1. The Balaban J connectivity index is 2.01. The molecule has 0 amide bonds. The van der Waals surface area contributed by atoms with Crippen LogP contribution in [0.2, 0.25) is 0 Å². The molecule has 4 heteroatoms. The summed E-state index contributed by atoms with van der Waals surface area (Å²) in [5.41, 5.74) is 7.89. The summed E-state index contributed by atoms with van der Waals surface area (Å²) in [6.07, 6.45) is 5.72. The lowest BCUT2D eigenvalue weighted by Gasteiger charge is -2.60. The van der Waals surface area contributed by atoms with Gasteiger partial charge in [0.1, 0.15) is 5.75 Å². The Morgan fingerprint density at radius 3 is 2.63 bits per heavy atom. The highest BCUT2D eigenvalue weighted by Crippen LogP contribution is 2.61. The molecule has 0 saturated heterocycles. The van der Waals surface area contributed by atoms with Gasteiger partial charge in [-0.25, -0.2) is 0 Å². The summed E-state index contributed by atoms with van der Waals surface area (Å²) >= 11 is 0. The van der Waals surface area contributed by atoms with Crippen LogP contribution in [0.3, 0.4) is 0 Å². The van der Waals surface area contributed by atoms with Gasteiger partial charge in [0.25, 0.3) is 0 Å². The monoisotopic (exact) mass is 414 g/mol. The van der Waals surface area contributed by atoms with Crippen molar-refractivity contribution in [3.8, 4) is 5.75 Å². The van der Waals surface area contributed by atoms with Crippen LogP contribution in [0.1, 0.15) is 75.7 Å². The maximum Gasteiger partial charge on any atom is 0.166 e. The Labute approximate surface area is 183 Å². The van der Waals surface area contributed by atoms with E-state index in [2.05, 4.69) is 33.0 Å². The van der Waals surface area contributed by atoms with Crippen LogP contribution >= 0.6 is 0 Å². The van der Waals surface area contributed by atoms with E-state index in [1.807, 2.05) is 25.1 Å². The van der Waals surface area contributed by atoms with Crippen LogP contribution in [0, 0.1) is 35.5 Å². The molecule has 30 heavy (non-hydrogen) atoms. The average Bonchev–Trinajstić information content (AvgIpc) is 2.68. The molecule has 168 valence electrons. The number of hydrogen-bond acceptors (Lipinski definition) is 4. The highest BCUT2D eigenvalue weighted by atomic mass is 16.5. The Bertz CT molecular complexity index is 759. The van der Waals surface area contributed by atoms with Gasteiger partial charge in [0, 0.05) is 17.5 Å². The van der Waals surface area contributed by atoms with Gasteiger partial charge < -0.3 is 15.8 Å². The van der Waals surface area contributed by atoms with Gasteiger partial charge >= 0.3 is 0 Å². The van der Waals surface area contributed by atoms with E-state index >= 15 is 0 Å². The fourth-order valence-corrected chi connectivity index (χ4v) is 6.81. The van der Waals surface area contributed by atoms with Crippen molar-refractivity contribution in [2.24, 2.45) is 34.3 Å².